The van der Waals surface area contributed by atoms with Crippen molar-refractivity contribution in [3.8, 4) is 0 Å². The number of nitrogens with one attached hydrogen (secondary N) is 1. The molecule has 3 rings (SSSR count). The Morgan fingerprint density at radius 1 is 1.39 bits per heavy atom. The SMILES string of the molecule is CCC(CC)[NH2+][C@H](C)c1nc2sc3c(c2c(=O)[nH]1)CC[C@H](C)C3. The summed E-state index contributed by atoms with van der Waals surface area (Å²) < 4.78 is 0. The Morgan fingerprint density at radius 3 is 2.83 bits per heavy atom. The Bertz CT molecular complexity index is 745. The van der Waals surface area contributed by atoms with Crippen molar-refractivity contribution < 1.29 is 5.32 Å². The highest BCUT2D eigenvalue weighted by atomic mass is 32.1. The van der Waals surface area contributed by atoms with Crippen LogP contribution in [0.4, 0.5) is 0 Å². The molecule has 2 aromatic rings. The van der Waals surface area contributed by atoms with Gasteiger partial charge >= 0.3 is 0 Å². The minimum absolute atomic E-state index is 0.0573. The van der Waals surface area contributed by atoms with E-state index in [1.807, 2.05) is 0 Å². The molecule has 0 spiro atoms. The van der Waals surface area contributed by atoms with Gasteiger partial charge in [-0.05, 0) is 50.5 Å². The molecular formula is C18H28N3OS+. The van der Waals surface area contributed by atoms with Crippen LogP contribution in [0.1, 0.15) is 69.3 Å². The van der Waals surface area contributed by atoms with Crippen LogP contribution in [0.5, 0.6) is 0 Å². The number of quaternary nitrogens is 1. The van der Waals surface area contributed by atoms with Crippen molar-refractivity contribution in [3.63, 3.8) is 0 Å². The van der Waals surface area contributed by atoms with Gasteiger partial charge < -0.3 is 10.3 Å². The van der Waals surface area contributed by atoms with E-state index in [4.69, 9.17) is 4.98 Å². The van der Waals surface area contributed by atoms with E-state index < -0.39 is 0 Å². The predicted octanol–water partition coefficient (Wildman–Crippen LogP) is 2.92. The van der Waals surface area contributed by atoms with E-state index in [0.29, 0.717) is 6.04 Å². The first-order valence-corrected chi connectivity index (χ1v) is 9.74. The molecule has 126 valence electrons. The molecule has 1 aliphatic rings. The lowest BCUT2D eigenvalue weighted by Crippen LogP contribution is -2.90. The molecule has 0 fully saturated rings. The fraction of sp³-hybridized carbons (Fsp3) is 0.667. The number of H-pyrrole nitrogens is 1. The molecule has 0 aliphatic heterocycles. The zero-order valence-corrected chi connectivity index (χ0v) is 15.4. The van der Waals surface area contributed by atoms with Crippen LogP contribution in [0.25, 0.3) is 10.2 Å². The standard InChI is InChI=1S/C18H27N3OS/c1-5-12(6-2)19-11(4)16-20-17(22)15-13-8-7-10(3)9-14(13)23-18(15)21-16/h10-12,19H,5-9H2,1-4H3,(H,20,21,22)/p+1/t10-,11+/m0/s1. The lowest BCUT2D eigenvalue weighted by molar-refractivity contribution is -0.726. The van der Waals surface area contributed by atoms with Crippen molar-refractivity contribution in [1.82, 2.24) is 9.97 Å². The fourth-order valence-corrected chi connectivity index (χ4v) is 5.03. The van der Waals surface area contributed by atoms with Gasteiger partial charge in [-0.25, -0.2) is 4.98 Å². The molecule has 0 saturated heterocycles. The number of hydrogen-bond donors (Lipinski definition) is 2. The summed E-state index contributed by atoms with van der Waals surface area (Å²) in [6.45, 7) is 8.86. The van der Waals surface area contributed by atoms with Crippen molar-refractivity contribution in [1.29, 1.82) is 0 Å². The molecule has 0 aromatic carbocycles. The number of aromatic amines is 1. The van der Waals surface area contributed by atoms with Crippen LogP contribution >= 0.6 is 11.3 Å². The van der Waals surface area contributed by atoms with Crippen molar-refractivity contribution in [2.45, 2.75) is 71.9 Å². The number of aromatic nitrogens is 2. The topological polar surface area (TPSA) is 62.4 Å². The molecule has 0 unspecified atom stereocenters. The Kier molecular flexibility index (Phi) is 4.87. The maximum atomic E-state index is 12.6. The molecule has 0 bridgehead atoms. The Hall–Kier alpha value is -1.20. The summed E-state index contributed by atoms with van der Waals surface area (Å²) in [4.78, 5) is 22.8. The summed E-state index contributed by atoms with van der Waals surface area (Å²) in [5.74, 6) is 1.54. The minimum atomic E-state index is 0.0573. The van der Waals surface area contributed by atoms with Crippen molar-refractivity contribution in [2.24, 2.45) is 5.92 Å². The Morgan fingerprint density at radius 2 is 2.13 bits per heavy atom. The molecule has 0 amide bonds. The summed E-state index contributed by atoms with van der Waals surface area (Å²) in [6, 6.07) is 0.776. The molecule has 23 heavy (non-hydrogen) atoms. The lowest BCUT2D eigenvalue weighted by Gasteiger charge is -2.17. The van der Waals surface area contributed by atoms with Crippen LogP contribution in [0.15, 0.2) is 4.79 Å². The quantitative estimate of drug-likeness (QED) is 0.883. The van der Waals surface area contributed by atoms with Crippen LogP contribution < -0.4 is 10.9 Å². The van der Waals surface area contributed by atoms with Crippen molar-refractivity contribution >= 4 is 21.6 Å². The van der Waals surface area contributed by atoms with Gasteiger partial charge in [0.05, 0.1) is 11.4 Å². The zero-order valence-electron chi connectivity index (χ0n) is 14.6. The summed E-state index contributed by atoms with van der Waals surface area (Å²) in [5, 5.41) is 3.19. The second kappa shape index (κ2) is 6.73. The van der Waals surface area contributed by atoms with Crippen molar-refractivity contribution in [2.75, 3.05) is 0 Å². The van der Waals surface area contributed by atoms with Gasteiger partial charge in [0.25, 0.3) is 5.56 Å². The van der Waals surface area contributed by atoms with Gasteiger partial charge in [-0.3, -0.25) is 4.79 Å². The average Bonchev–Trinajstić information content (AvgIpc) is 2.89. The summed E-state index contributed by atoms with van der Waals surface area (Å²) in [5.41, 5.74) is 1.32. The first kappa shape index (κ1) is 16.7. The van der Waals surface area contributed by atoms with Gasteiger partial charge in [0.1, 0.15) is 10.9 Å². The molecule has 0 radical (unpaired) electrons. The molecule has 2 atom stereocenters. The van der Waals surface area contributed by atoms with E-state index in [-0.39, 0.29) is 11.6 Å². The molecule has 3 N–H and O–H groups in total. The third-order valence-corrected chi connectivity index (χ3v) is 6.37. The number of thiophene rings is 1. The van der Waals surface area contributed by atoms with Gasteiger partial charge in [0.2, 0.25) is 0 Å². The third-order valence-electron chi connectivity index (χ3n) is 5.22. The summed E-state index contributed by atoms with van der Waals surface area (Å²) in [6.07, 6.45) is 5.58. The summed E-state index contributed by atoms with van der Waals surface area (Å²) in [7, 11) is 0. The largest absolute Gasteiger partial charge is 0.335 e. The normalized spacial score (nSPS) is 19.3. The second-order valence-corrected chi connectivity index (χ2v) is 8.12. The van der Waals surface area contributed by atoms with E-state index in [1.54, 1.807) is 11.3 Å². The van der Waals surface area contributed by atoms with Crippen LogP contribution in [0.3, 0.4) is 0 Å². The van der Waals surface area contributed by atoms with Gasteiger partial charge in [-0.2, -0.15) is 0 Å². The molecule has 1 aliphatic carbocycles. The smallest absolute Gasteiger partial charge is 0.260 e. The number of rotatable bonds is 5. The third kappa shape index (κ3) is 3.22. The predicted molar refractivity (Wildman–Crippen MR) is 96.1 cm³/mol. The highest BCUT2D eigenvalue weighted by Crippen LogP contribution is 2.35. The van der Waals surface area contributed by atoms with Gasteiger partial charge in [-0.15, -0.1) is 11.3 Å². The molecule has 2 aromatic heterocycles. The molecule has 5 heteroatoms. The Balaban J connectivity index is 1.97. The average molecular weight is 335 g/mol. The fourth-order valence-electron chi connectivity index (χ4n) is 3.64. The first-order chi connectivity index (χ1) is 11.0. The van der Waals surface area contributed by atoms with E-state index in [1.165, 1.54) is 16.9 Å². The van der Waals surface area contributed by atoms with E-state index in [9.17, 15) is 4.79 Å². The van der Waals surface area contributed by atoms with Crippen molar-refractivity contribution in [3.05, 3.63) is 26.6 Å². The van der Waals surface area contributed by atoms with E-state index >= 15 is 0 Å². The highest BCUT2D eigenvalue weighted by molar-refractivity contribution is 7.18. The maximum Gasteiger partial charge on any atom is 0.260 e. The van der Waals surface area contributed by atoms with Crippen LogP contribution in [-0.4, -0.2) is 16.0 Å². The second-order valence-electron chi connectivity index (χ2n) is 7.04. The lowest BCUT2D eigenvalue weighted by atomic mass is 9.89. The number of nitrogens with zero attached hydrogens (tertiary/aromatic N) is 1. The number of fused-ring (bicyclic) bond motifs is 3. The molecular weight excluding hydrogens is 306 g/mol. The van der Waals surface area contributed by atoms with Crippen LogP contribution in [-0.2, 0) is 12.8 Å². The molecule has 2 heterocycles. The number of nitrogens with two attached hydrogens (primary N) is 1. The maximum absolute atomic E-state index is 12.6. The van der Waals surface area contributed by atoms with Crippen LogP contribution in [0, 0.1) is 5.92 Å². The molecule has 0 saturated carbocycles. The van der Waals surface area contributed by atoms with E-state index in [0.717, 1.165) is 47.6 Å². The minimum Gasteiger partial charge on any atom is -0.335 e. The van der Waals surface area contributed by atoms with E-state index in [2.05, 4.69) is 38.0 Å². The zero-order chi connectivity index (χ0) is 16.6. The first-order valence-electron chi connectivity index (χ1n) is 8.92. The summed E-state index contributed by atoms with van der Waals surface area (Å²) >= 11 is 1.73. The van der Waals surface area contributed by atoms with Gasteiger partial charge in [0.15, 0.2) is 5.82 Å². The van der Waals surface area contributed by atoms with Crippen LogP contribution in [0.2, 0.25) is 0 Å². The molecule has 4 nitrogen and oxygen atoms in total. The monoisotopic (exact) mass is 334 g/mol. The number of aryl methyl sites for hydroxylation is 1. The number of hydrogen-bond acceptors (Lipinski definition) is 3. The van der Waals surface area contributed by atoms with Gasteiger partial charge in [-0.1, -0.05) is 20.8 Å². The van der Waals surface area contributed by atoms with Gasteiger partial charge in [0, 0.05) is 4.88 Å². The highest BCUT2D eigenvalue weighted by Gasteiger charge is 2.24. The Labute approximate surface area is 141 Å².